The van der Waals surface area contributed by atoms with Crippen molar-refractivity contribution in [3.63, 3.8) is 0 Å². The van der Waals surface area contributed by atoms with Crippen LogP contribution in [0.25, 0.3) is 0 Å². The van der Waals surface area contributed by atoms with Crippen molar-refractivity contribution in [2.45, 2.75) is 38.1 Å². The first kappa shape index (κ1) is 10.6. The van der Waals surface area contributed by atoms with Gasteiger partial charge in [-0.2, -0.15) is 0 Å². The number of nitrogens with one attached hydrogen (secondary N) is 1. The monoisotopic (exact) mass is 210 g/mol. The van der Waals surface area contributed by atoms with E-state index in [0.29, 0.717) is 6.42 Å². The SMILES string of the molecule is CN1C(=O)CC(NCCC2CCC2)C1=O. The van der Waals surface area contributed by atoms with Crippen LogP contribution < -0.4 is 5.32 Å². The summed E-state index contributed by atoms with van der Waals surface area (Å²) in [6, 6.07) is -0.262. The number of hydrogen-bond acceptors (Lipinski definition) is 3. The Balaban J connectivity index is 1.70. The number of likely N-dealkylation sites (N-methyl/N-ethyl adjacent to an activating group) is 1. The summed E-state index contributed by atoms with van der Waals surface area (Å²) >= 11 is 0. The van der Waals surface area contributed by atoms with Gasteiger partial charge in [0.05, 0.1) is 12.5 Å². The molecule has 1 N–H and O–H groups in total. The molecule has 1 saturated heterocycles. The van der Waals surface area contributed by atoms with E-state index in [1.165, 1.54) is 24.2 Å². The molecule has 1 unspecified atom stereocenters. The van der Waals surface area contributed by atoms with Gasteiger partial charge in [0.2, 0.25) is 11.8 Å². The molecule has 2 aliphatic rings. The van der Waals surface area contributed by atoms with Gasteiger partial charge >= 0.3 is 0 Å². The summed E-state index contributed by atoms with van der Waals surface area (Å²) in [5.74, 6) is 0.706. The minimum atomic E-state index is -0.262. The molecule has 4 heteroatoms. The summed E-state index contributed by atoms with van der Waals surface area (Å²) in [6.07, 6.45) is 5.49. The van der Waals surface area contributed by atoms with Crippen LogP contribution in [0.3, 0.4) is 0 Å². The van der Waals surface area contributed by atoms with E-state index in [0.717, 1.165) is 18.9 Å². The van der Waals surface area contributed by atoms with E-state index in [4.69, 9.17) is 0 Å². The summed E-state index contributed by atoms with van der Waals surface area (Å²) in [5, 5.41) is 3.18. The van der Waals surface area contributed by atoms with Gasteiger partial charge in [0, 0.05) is 7.05 Å². The summed E-state index contributed by atoms with van der Waals surface area (Å²) < 4.78 is 0. The summed E-state index contributed by atoms with van der Waals surface area (Å²) in [7, 11) is 1.55. The minimum Gasteiger partial charge on any atom is -0.305 e. The fourth-order valence-corrected chi connectivity index (χ4v) is 2.16. The maximum Gasteiger partial charge on any atom is 0.246 e. The standard InChI is InChI=1S/C11H18N2O2/c1-13-10(14)7-9(11(13)15)12-6-5-8-3-2-4-8/h8-9,12H,2-7H2,1H3. The first-order valence-electron chi connectivity index (χ1n) is 5.72. The lowest BCUT2D eigenvalue weighted by Crippen LogP contribution is -2.38. The Hall–Kier alpha value is -0.900. The molecule has 1 atom stereocenters. The van der Waals surface area contributed by atoms with Crippen molar-refractivity contribution in [1.29, 1.82) is 0 Å². The zero-order chi connectivity index (χ0) is 10.8. The third-order valence-corrected chi connectivity index (χ3v) is 3.55. The van der Waals surface area contributed by atoms with E-state index in [-0.39, 0.29) is 17.9 Å². The van der Waals surface area contributed by atoms with E-state index >= 15 is 0 Å². The molecule has 1 saturated carbocycles. The third kappa shape index (κ3) is 2.20. The number of likely N-dealkylation sites (tertiary alicyclic amines) is 1. The molecule has 1 heterocycles. The van der Waals surface area contributed by atoms with Gasteiger partial charge in [-0.1, -0.05) is 19.3 Å². The van der Waals surface area contributed by atoms with Gasteiger partial charge in [0.15, 0.2) is 0 Å². The Morgan fingerprint density at radius 1 is 1.40 bits per heavy atom. The Morgan fingerprint density at radius 3 is 2.60 bits per heavy atom. The molecule has 0 aromatic carbocycles. The van der Waals surface area contributed by atoms with Crippen LogP contribution >= 0.6 is 0 Å². The van der Waals surface area contributed by atoms with E-state index in [9.17, 15) is 9.59 Å². The van der Waals surface area contributed by atoms with Crippen molar-refractivity contribution in [3.05, 3.63) is 0 Å². The summed E-state index contributed by atoms with van der Waals surface area (Å²) in [4.78, 5) is 24.0. The molecule has 1 aliphatic heterocycles. The maximum atomic E-state index is 11.5. The highest BCUT2D eigenvalue weighted by Crippen LogP contribution is 2.28. The lowest BCUT2D eigenvalue weighted by Gasteiger charge is -2.25. The minimum absolute atomic E-state index is 0.0684. The quantitative estimate of drug-likeness (QED) is 0.688. The van der Waals surface area contributed by atoms with Gasteiger partial charge in [-0.25, -0.2) is 0 Å². The van der Waals surface area contributed by atoms with Crippen LogP contribution in [0, 0.1) is 5.92 Å². The van der Waals surface area contributed by atoms with Crippen LogP contribution in [0.5, 0.6) is 0 Å². The molecule has 0 bridgehead atoms. The lowest BCUT2D eigenvalue weighted by molar-refractivity contribution is -0.137. The maximum absolute atomic E-state index is 11.5. The lowest BCUT2D eigenvalue weighted by atomic mass is 9.83. The number of nitrogens with zero attached hydrogens (tertiary/aromatic N) is 1. The second-order valence-corrected chi connectivity index (χ2v) is 4.59. The molecule has 0 aromatic rings. The Morgan fingerprint density at radius 2 is 2.13 bits per heavy atom. The highest BCUT2D eigenvalue weighted by Gasteiger charge is 2.35. The summed E-state index contributed by atoms with van der Waals surface area (Å²) in [5.41, 5.74) is 0. The largest absolute Gasteiger partial charge is 0.305 e. The molecule has 4 nitrogen and oxygen atoms in total. The van der Waals surface area contributed by atoms with Gasteiger partial charge in [0.1, 0.15) is 0 Å². The number of amides is 2. The summed E-state index contributed by atoms with van der Waals surface area (Å²) in [6.45, 7) is 0.863. The topological polar surface area (TPSA) is 49.4 Å². The zero-order valence-corrected chi connectivity index (χ0v) is 9.16. The second kappa shape index (κ2) is 4.31. The van der Waals surface area contributed by atoms with Crippen LogP contribution in [0.1, 0.15) is 32.1 Å². The van der Waals surface area contributed by atoms with Crippen LogP contribution in [0.15, 0.2) is 0 Å². The van der Waals surface area contributed by atoms with Crippen molar-refractivity contribution in [2.24, 2.45) is 5.92 Å². The first-order valence-corrected chi connectivity index (χ1v) is 5.72. The van der Waals surface area contributed by atoms with Gasteiger partial charge in [-0.15, -0.1) is 0 Å². The van der Waals surface area contributed by atoms with Crippen LogP contribution in [-0.4, -0.2) is 36.3 Å². The predicted octanol–water partition coefficient (Wildman–Crippen LogP) is 0.523. The number of carbonyl (C=O) groups excluding carboxylic acids is 2. The fraction of sp³-hybridized carbons (Fsp3) is 0.818. The van der Waals surface area contributed by atoms with Gasteiger partial charge in [-0.05, 0) is 18.9 Å². The molecule has 84 valence electrons. The molecule has 0 spiro atoms. The molecular weight excluding hydrogens is 192 g/mol. The van der Waals surface area contributed by atoms with Gasteiger partial charge < -0.3 is 5.32 Å². The fourth-order valence-electron chi connectivity index (χ4n) is 2.16. The molecule has 2 amide bonds. The number of rotatable bonds is 4. The van der Waals surface area contributed by atoms with E-state index in [1.807, 2.05) is 0 Å². The van der Waals surface area contributed by atoms with Crippen molar-refractivity contribution in [3.8, 4) is 0 Å². The van der Waals surface area contributed by atoms with E-state index in [2.05, 4.69) is 5.32 Å². The van der Waals surface area contributed by atoms with Crippen molar-refractivity contribution >= 4 is 11.8 Å². The predicted molar refractivity (Wildman–Crippen MR) is 56.1 cm³/mol. The van der Waals surface area contributed by atoms with Crippen LogP contribution in [0.2, 0.25) is 0 Å². The molecule has 0 aromatic heterocycles. The zero-order valence-electron chi connectivity index (χ0n) is 9.16. The van der Waals surface area contributed by atoms with Gasteiger partial charge in [0.25, 0.3) is 0 Å². The highest BCUT2D eigenvalue weighted by molar-refractivity contribution is 6.05. The molecule has 2 fully saturated rings. The third-order valence-electron chi connectivity index (χ3n) is 3.55. The van der Waals surface area contributed by atoms with E-state index < -0.39 is 0 Å². The molecular formula is C11H18N2O2. The van der Waals surface area contributed by atoms with E-state index in [1.54, 1.807) is 7.05 Å². The van der Waals surface area contributed by atoms with Crippen molar-refractivity contribution < 1.29 is 9.59 Å². The normalized spacial score (nSPS) is 27.3. The number of imide groups is 1. The van der Waals surface area contributed by atoms with Crippen LogP contribution in [-0.2, 0) is 9.59 Å². The highest BCUT2D eigenvalue weighted by atomic mass is 16.2. The second-order valence-electron chi connectivity index (χ2n) is 4.59. The smallest absolute Gasteiger partial charge is 0.246 e. The molecule has 15 heavy (non-hydrogen) atoms. The average Bonchev–Trinajstić information content (AvgIpc) is 2.38. The van der Waals surface area contributed by atoms with Crippen molar-refractivity contribution in [2.75, 3.05) is 13.6 Å². The Bertz CT molecular complexity index is 274. The Labute approximate surface area is 90.0 Å². The molecule has 2 rings (SSSR count). The number of hydrogen-bond donors (Lipinski definition) is 1. The first-order chi connectivity index (χ1) is 7.18. The molecule has 1 aliphatic carbocycles. The number of carbonyl (C=O) groups is 2. The molecule has 0 radical (unpaired) electrons. The average molecular weight is 210 g/mol. The van der Waals surface area contributed by atoms with Crippen molar-refractivity contribution in [1.82, 2.24) is 10.2 Å². The van der Waals surface area contributed by atoms with Crippen LogP contribution in [0.4, 0.5) is 0 Å². The Kier molecular flexibility index (Phi) is 3.05. The van der Waals surface area contributed by atoms with Gasteiger partial charge in [-0.3, -0.25) is 14.5 Å².